The number of pyridine rings is 1. The maximum absolute atomic E-state index is 14.1. The number of amides is 2. The zero-order chi connectivity index (χ0) is 23.7. The zero-order valence-corrected chi connectivity index (χ0v) is 19.5. The monoisotopic (exact) mass is 474 g/mol. The van der Waals surface area contributed by atoms with Crippen molar-refractivity contribution < 1.29 is 14.0 Å². The number of anilines is 2. The molecule has 0 spiro atoms. The Morgan fingerprint density at radius 1 is 1.03 bits per heavy atom. The van der Waals surface area contributed by atoms with Gasteiger partial charge in [0.25, 0.3) is 11.8 Å². The number of hydrogen-bond acceptors (Lipinski definition) is 5. The van der Waals surface area contributed by atoms with Crippen LogP contribution in [0.25, 0.3) is 6.08 Å². The van der Waals surface area contributed by atoms with Crippen LogP contribution < -0.4 is 9.80 Å². The molecular formula is C26H23FN4O2S. The van der Waals surface area contributed by atoms with Gasteiger partial charge in [0.05, 0.1) is 10.6 Å². The fourth-order valence-corrected chi connectivity index (χ4v) is 5.21. The van der Waals surface area contributed by atoms with Gasteiger partial charge in [-0.05, 0) is 42.5 Å². The lowest BCUT2D eigenvalue weighted by Gasteiger charge is -2.35. The van der Waals surface area contributed by atoms with Crippen molar-refractivity contribution in [2.24, 2.45) is 0 Å². The molecule has 0 atom stereocenters. The molecular weight excluding hydrogens is 451 g/mol. The fourth-order valence-electron chi connectivity index (χ4n) is 4.12. The highest BCUT2D eigenvalue weighted by Crippen LogP contribution is 2.42. The summed E-state index contributed by atoms with van der Waals surface area (Å²) >= 11 is 1.29. The van der Waals surface area contributed by atoms with Crippen molar-refractivity contribution in [3.05, 3.63) is 88.7 Å². The van der Waals surface area contributed by atoms with Gasteiger partial charge in [0.1, 0.15) is 11.6 Å². The molecule has 0 bridgehead atoms. The molecule has 2 aromatic carbocycles. The summed E-state index contributed by atoms with van der Waals surface area (Å²) in [6, 6.07) is 17.6. The van der Waals surface area contributed by atoms with E-state index >= 15 is 0 Å². The molecule has 34 heavy (non-hydrogen) atoms. The number of rotatable bonds is 3. The average molecular weight is 475 g/mol. The number of piperazine rings is 1. The van der Waals surface area contributed by atoms with E-state index in [1.54, 1.807) is 49.7 Å². The van der Waals surface area contributed by atoms with Gasteiger partial charge < -0.3 is 14.7 Å². The molecule has 1 fully saturated rings. The third kappa shape index (κ3) is 4.28. The van der Waals surface area contributed by atoms with Gasteiger partial charge in [-0.3, -0.25) is 9.59 Å². The van der Waals surface area contributed by atoms with Gasteiger partial charge in [0.2, 0.25) is 0 Å². The molecule has 1 aromatic heterocycles. The van der Waals surface area contributed by atoms with Crippen LogP contribution in [0.1, 0.15) is 15.9 Å². The highest BCUT2D eigenvalue weighted by molar-refractivity contribution is 8.04. The number of thioether (sulfide) groups is 1. The Kier molecular flexibility index (Phi) is 6.06. The number of hydrogen-bond donors (Lipinski definition) is 0. The normalized spacial score (nSPS) is 17.2. The summed E-state index contributed by atoms with van der Waals surface area (Å²) in [6.07, 6.45) is 3.34. The first-order valence-electron chi connectivity index (χ1n) is 11.0. The smallest absolute Gasteiger partial charge is 0.264 e. The van der Waals surface area contributed by atoms with Crippen LogP contribution >= 0.6 is 11.8 Å². The highest BCUT2D eigenvalue weighted by Gasteiger charge is 2.29. The molecule has 0 saturated carbocycles. The number of nitrogens with zero attached hydrogens (tertiary/aromatic N) is 4. The molecule has 0 unspecified atom stereocenters. The SMILES string of the molecule is CN1C(=O)/C(=C/c2ccccc2F)Sc2ccc(C(=O)N3CCN(c4ccccn4)CC3)cc21. The minimum atomic E-state index is -0.374. The van der Waals surface area contributed by atoms with Crippen LogP contribution in [0.2, 0.25) is 0 Å². The molecule has 5 rings (SSSR count). The molecule has 2 aliphatic heterocycles. The maximum atomic E-state index is 14.1. The molecule has 8 heteroatoms. The van der Waals surface area contributed by atoms with Gasteiger partial charge in [0, 0.05) is 55.4 Å². The van der Waals surface area contributed by atoms with Gasteiger partial charge in [-0.1, -0.05) is 36.0 Å². The predicted octanol–water partition coefficient (Wildman–Crippen LogP) is 4.29. The molecule has 6 nitrogen and oxygen atoms in total. The standard InChI is InChI=1S/C26H23FN4O2S/c1-29-21-16-19(25(32)31-14-12-30(13-15-31)24-8-4-5-11-28-24)9-10-22(21)34-23(26(29)33)17-18-6-2-3-7-20(18)27/h2-11,16-17H,12-15H2,1H3/b23-17-. The number of likely N-dealkylation sites (N-methyl/N-ethyl adjacent to an activating group) is 1. The van der Waals surface area contributed by atoms with Crippen LogP contribution in [-0.4, -0.2) is 54.9 Å². The van der Waals surface area contributed by atoms with Crippen LogP contribution in [0.5, 0.6) is 0 Å². The second-order valence-electron chi connectivity index (χ2n) is 8.15. The molecule has 3 heterocycles. The van der Waals surface area contributed by atoms with Crippen LogP contribution in [-0.2, 0) is 4.79 Å². The van der Waals surface area contributed by atoms with Crippen molar-refractivity contribution >= 4 is 41.2 Å². The molecule has 0 N–H and O–H groups in total. The Morgan fingerprint density at radius 2 is 1.79 bits per heavy atom. The Bertz CT molecular complexity index is 1270. The van der Waals surface area contributed by atoms with E-state index in [9.17, 15) is 14.0 Å². The second kappa shape index (κ2) is 9.30. The summed E-state index contributed by atoms with van der Waals surface area (Å²) < 4.78 is 14.1. The number of fused-ring (bicyclic) bond motifs is 1. The first-order chi connectivity index (χ1) is 16.5. The topological polar surface area (TPSA) is 56.8 Å². The van der Waals surface area contributed by atoms with E-state index < -0.39 is 0 Å². The summed E-state index contributed by atoms with van der Waals surface area (Å²) in [5, 5.41) is 0. The molecule has 0 radical (unpaired) electrons. The number of carbonyl (C=O) groups is 2. The minimum Gasteiger partial charge on any atom is -0.353 e. The second-order valence-corrected chi connectivity index (χ2v) is 9.23. The van der Waals surface area contributed by atoms with E-state index in [0.717, 1.165) is 10.7 Å². The van der Waals surface area contributed by atoms with Crippen LogP contribution in [0.3, 0.4) is 0 Å². The number of benzene rings is 2. The summed E-state index contributed by atoms with van der Waals surface area (Å²) in [5.41, 5.74) is 1.59. The van der Waals surface area contributed by atoms with E-state index in [2.05, 4.69) is 9.88 Å². The molecule has 172 valence electrons. The van der Waals surface area contributed by atoms with Gasteiger partial charge in [0.15, 0.2) is 0 Å². The summed E-state index contributed by atoms with van der Waals surface area (Å²) in [5.74, 6) is 0.261. The van der Waals surface area contributed by atoms with E-state index in [1.165, 1.54) is 22.7 Å². The molecule has 2 amide bonds. The Balaban J connectivity index is 1.32. The van der Waals surface area contributed by atoms with E-state index in [4.69, 9.17) is 0 Å². The molecule has 2 aliphatic rings. The van der Waals surface area contributed by atoms with E-state index in [0.29, 0.717) is 47.9 Å². The summed E-state index contributed by atoms with van der Waals surface area (Å²) in [4.78, 5) is 37.4. The molecule has 0 aliphatic carbocycles. The van der Waals surface area contributed by atoms with Gasteiger partial charge in [-0.15, -0.1) is 0 Å². The predicted molar refractivity (Wildman–Crippen MR) is 132 cm³/mol. The van der Waals surface area contributed by atoms with Gasteiger partial charge in [-0.2, -0.15) is 0 Å². The van der Waals surface area contributed by atoms with Crippen molar-refractivity contribution in [1.29, 1.82) is 0 Å². The highest BCUT2D eigenvalue weighted by atomic mass is 32.2. The summed E-state index contributed by atoms with van der Waals surface area (Å²) in [7, 11) is 1.68. The van der Waals surface area contributed by atoms with Crippen molar-refractivity contribution in [3.63, 3.8) is 0 Å². The van der Waals surface area contributed by atoms with Crippen molar-refractivity contribution in [2.45, 2.75) is 4.90 Å². The Hall–Kier alpha value is -3.65. The minimum absolute atomic E-state index is 0.0537. The molecule has 3 aromatic rings. The first-order valence-corrected chi connectivity index (χ1v) is 11.8. The maximum Gasteiger partial charge on any atom is 0.264 e. The number of carbonyl (C=O) groups excluding carboxylic acids is 2. The quantitative estimate of drug-likeness (QED) is 0.530. The fraction of sp³-hybridized carbons (Fsp3) is 0.192. The Labute approximate surface area is 201 Å². The Morgan fingerprint density at radius 3 is 2.53 bits per heavy atom. The van der Waals surface area contributed by atoms with Crippen molar-refractivity contribution in [1.82, 2.24) is 9.88 Å². The van der Waals surface area contributed by atoms with Crippen molar-refractivity contribution in [2.75, 3.05) is 43.0 Å². The lowest BCUT2D eigenvalue weighted by Crippen LogP contribution is -2.49. The van der Waals surface area contributed by atoms with E-state index in [1.807, 2.05) is 29.2 Å². The first kappa shape index (κ1) is 22.2. The lowest BCUT2D eigenvalue weighted by molar-refractivity contribution is -0.114. The third-order valence-corrected chi connectivity index (χ3v) is 7.11. The molecule has 1 saturated heterocycles. The van der Waals surface area contributed by atoms with E-state index in [-0.39, 0.29) is 17.6 Å². The largest absolute Gasteiger partial charge is 0.353 e. The van der Waals surface area contributed by atoms with Crippen LogP contribution in [0.15, 0.2) is 76.7 Å². The average Bonchev–Trinajstić information content (AvgIpc) is 2.88. The van der Waals surface area contributed by atoms with Gasteiger partial charge >= 0.3 is 0 Å². The van der Waals surface area contributed by atoms with Crippen LogP contribution in [0, 0.1) is 5.82 Å². The van der Waals surface area contributed by atoms with Gasteiger partial charge in [-0.25, -0.2) is 9.37 Å². The number of aromatic nitrogens is 1. The van der Waals surface area contributed by atoms with Crippen LogP contribution in [0.4, 0.5) is 15.9 Å². The lowest BCUT2D eigenvalue weighted by atomic mass is 10.1. The zero-order valence-electron chi connectivity index (χ0n) is 18.6. The summed E-state index contributed by atoms with van der Waals surface area (Å²) in [6.45, 7) is 2.63. The van der Waals surface area contributed by atoms with Crippen molar-refractivity contribution in [3.8, 4) is 0 Å². The third-order valence-electron chi connectivity index (χ3n) is 6.03. The number of halogens is 1.